The third-order valence-electron chi connectivity index (χ3n) is 5.79. The zero-order chi connectivity index (χ0) is 20.5. The quantitative estimate of drug-likeness (QED) is 0.709. The van der Waals surface area contributed by atoms with Crippen LogP contribution in [0.2, 0.25) is 0 Å². The number of nitrogens with one attached hydrogen (secondary N) is 2. The van der Waals surface area contributed by atoms with Gasteiger partial charge in [0.1, 0.15) is 11.4 Å². The predicted octanol–water partition coefficient (Wildman–Crippen LogP) is 2.47. The van der Waals surface area contributed by atoms with Crippen molar-refractivity contribution in [3.8, 4) is 11.4 Å². The Morgan fingerprint density at radius 1 is 1.36 bits per heavy atom. The van der Waals surface area contributed by atoms with Crippen molar-refractivity contribution >= 4 is 11.6 Å². The van der Waals surface area contributed by atoms with E-state index in [9.17, 15) is 9.59 Å². The van der Waals surface area contributed by atoms with E-state index in [1.165, 1.54) is 6.07 Å². The molecule has 1 aromatic carbocycles. The topological polar surface area (TPSA) is 110 Å². The minimum atomic E-state index is -1.00. The first-order valence-corrected chi connectivity index (χ1v) is 9.64. The molecule has 1 aromatic heterocycles. The first-order valence-electron chi connectivity index (χ1n) is 9.64. The van der Waals surface area contributed by atoms with Crippen molar-refractivity contribution in [1.29, 1.82) is 0 Å². The van der Waals surface area contributed by atoms with Crippen molar-refractivity contribution in [3.63, 3.8) is 0 Å². The van der Waals surface area contributed by atoms with E-state index in [0.717, 1.165) is 5.56 Å². The van der Waals surface area contributed by atoms with E-state index in [1.54, 1.807) is 12.1 Å². The van der Waals surface area contributed by atoms with Gasteiger partial charge in [-0.25, -0.2) is 4.98 Å². The second-order valence-corrected chi connectivity index (χ2v) is 7.81. The maximum atomic E-state index is 12.9. The predicted molar refractivity (Wildman–Crippen MR) is 109 cm³/mol. The molecule has 2 atom stereocenters. The lowest BCUT2D eigenvalue weighted by molar-refractivity contribution is -0.166. The Hall–Kier alpha value is -2.51. The van der Waals surface area contributed by atoms with Crippen LogP contribution in [0.3, 0.4) is 0 Å². The van der Waals surface area contributed by atoms with E-state index in [-0.39, 0.29) is 17.6 Å². The van der Waals surface area contributed by atoms with Gasteiger partial charge in [-0.2, -0.15) is 0 Å². The summed E-state index contributed by atoms with van der Waals surface area (Å²) in [6, 6.07) is 8.70. The first-order chi connectivity index (χ1) is 13.2. The van der Waals surface area contributed by atoms with E-state index in [4.69, 9.17) is 10.5 Å². The third-order valence-corrected chi connectivity index (χ3v) is 5.79. The highest BCUT2D eigenvalue weighted by Gasteiger charge is 2.62. The molecule has 1 fully saturated rings. The SMILES string of the molecule is CCOC1CC(N)(C(=O)Nc2cccc(-c3nc(CC)cc(=O)[nH]3)c2)C1(C)C. The third kappa shape index (κ3) is 3.47. The average molecular weight is 384 g/mol. The van der Waals surface area contributed by atoms with Crippen LogP contribution >= 0.6 is 0 Å². The van der Waals surface area contributed by atoms with E-state index in [0.29, 0.717) is 36.7 Å². The van der Waals surface area contributed by atoms with Gasteiger partial charge < -0.3 is 20.8 Å². The van der Waals surface area contributed by atoms with E-state index >= 15 is 0 Å². The minimum absolute atomic E-state index is 0.0364. The molecule has 7 heteroatoms. The van der Waals surface area contributed by atoms with E-state index in [2.05, 4.69) is 15.3 Å². The molecule has 3 rings (SSSR count). The lowest BCUT2D eigenvalue weighted by Gasteiger charge is -2.57. The Labute approximate surface area is 164 Å². The summed E-state index contributed by atoms with van der Waals surface area (Å²) in [6.45, 7) is 8.38. The van der Waals surface area contributed by atoms with Gasteiger partial charge in [0.25, 0.3) is 5.56 Å². The summed E-state index contributed by atoms with van der Waals surface area (Å²) in [5, 5.41) is 2.92. The molecule has 2 unspecified atom stereocenters. The van der Waals surface area contributed by atoms with Gasteiger partial charge in [-0.3, -0.25) is 9.59 Å². The number of H-pyrrole nitrogens is 1. The molecule has 0 bridgehead atoms. The second kappa shape index (κ2) is 7.48. The molecule has 0 aliphatic heterocycles. The molecule has 28 heavy (non-hydrogen) atoms. The smallest absolute Gasteiger partial charge is 0.251 e. The van der Waals surface area contributed by atoms with E-state index in [1.807, 2.05) is 39.8 Å². The normalized spacial score (nSPS) is 23.1. The Bertz CT molecular complexity index is 937. The standard InChI is InChI=1S/C21H28N4O3/c1-5-14-11-17(26)25-18(23-14)13-8-7-9-15(10-13)24-19(27)21(22)12-16(28-6-2)20(21,3)4/h7-11,16H,5-6,12,22H2,1-4H3,(H,24,27)(H,23,25,26). The number of aryl methyl sites for hydroxylation is 1. The fourth-order valence-electron chi connectivity index (χ4n) is 3.63. The van der Waals surface area contributed by atoms with Gasteiger partial charge >= 0.3 is 0 Å². The van der Waals surface area contributed by atoms with Crippen LogP contribution in [0.25, 0.3) is 11.4 Å². The fourth-order valence-corrected chi connectivity index (χ4v) is 3.63. The van der Waals surface area contributed by atoms with Crippen LogP contribution in [0.1, 0.15) is 39.8 Å². The number of carbonyl (C=O) groups is 1. The van der Waals surface area contributed by atoms with Crippen molar-refractivity contribution < 1.29 is 9.53 Å². The number of amides is 1. The number of hydrogen-bond acceptors (Lipinski definition) is 5. The number of rotatable bonds is 6. The molecule has 2 aromatic rings. The molecule has 0 radical (unpaired) electrons. The number of nitrogens with zero attached hydrogens (tertiary/aromatic N) is 1. The number of aromatic amines is 1. The van der Waals surface area contributed by atoms with Crippen LogP contribution < -0.4 is 16.6 Å². The van der Waals surface area contributed by atoms with Gasteiger partial charge in [0, 0.05) is 41.5 Å². The van der Waals surface area contributed by atoms with Gasteiger partial charge in [-0.1, -0.05) is 32.9 Å². The second-order valence-electron chi connectivity index (χ2n) is 7.81. The Morgan fingerprint density at radius 3 is 2.75 bits per heavy atom. The summed E-state index contributed by atoms with van der Waals surface area (Å²) >= 11 is 0. The summed E-state index contributed by atoms with van der Waals surface area (Å²) in [5.74, 6) is 0.234. The number of carbonyl (C=O) groups excluding carboxylic acids is 1. The van der Waals surface area contributed by atoms with Crippen molar-refractivity contribution in [3.05, 3.63) is 46.4 Å². The number of nitrogens with two attached hydrogens (primary N) is 1. The van der Waals surface area contributed by atoms with Crippen LogP contribution in [0.5, 0.6) is 0 Å². The Morgan fingerprint density at radius 2 is 2.11 bits per heavy atom. The molecule has 1 saturated carbocycles. The molecule has 1 amide bonds. The van der Waals surface area contributed by atoms with Crippen molar-refractivity contribution in [1.82, 2.24) is 9.97 Å². The molecule has 0 saturated heterocycles. The Kier molecular flexibility index (Phi) is 5.41. The molecule has 1 aliphatic rings. The molecular weight excluding hydrogens is 356 g/mol. The molecule has 7 nitrogen and oxygen atoms in total. The van der Waals surface area contributed by atoms with Crippen molar-refractivity contribution in [2.45, 2.75) is 52.2 Å². The number of ether oxygens (including phenoxy) is 1. The summed E-state index contributed by atoms with van der Waals surface area (Å²) in [4.78, 5) is 32.0. The van der Waals surface area contributed by atoms with Gasteiger partial charge in [-0.15, -0.1) is 0 Å². The van der Waals surface area contributed by atoms with E-state index < -0.39 is 11.0 Å². The fraction of sp³-hybridized carbons (Fsp3) is 0.476. The zero-order valence-electron chi connectivity index (χ0n) is 16.8. The lowest BCUT2D eigenvalue weighted by Crippen LogP contribution is -2.74. The average Bonchev–Trinajstić information content (AvgIpc) is 2.67. The number of benzene rings is 1. The van der Waals surface area contributed by atoms with Crippen LogP contribution in [-0.2, 0) is 16.0 Å². The number of aromatic nitrogens is 2. The maximum Gasteiger partial charge on any atom is 0.251 e. The van der Waals surface area contributed by atoms with Crippen LogP contribution in [0.15, 0.2) is 35.1 Å². The number of hydrogen-bond donors (Lipinski definition) is 3. The molecule has 1 aliphatic carbocycles. The Balaban J connectivity index is 1.81. The molecular formula is C21H28N4O3. The largest absolute Gasteiger partial charge is 0.378 e. The summed E-state index contributed by atoms with van der Waals surface area (Å²) in [6.07, 6.45) is 1.11. The number of anilines is 1. The van der Waals surface area contributed by atoms with Crippen LogP contribution in [-0.4, -0.2) is 34.1 Å². The summed E-state index contributed by atoms with van der Waals surface area (Å²) < 4.78 is 5.70. The maximum absolute atomic E-state index is 12.9. The lowest BCUT2D eigenvalue weighted by atomic mass is 9.54. The highest BCUT2D eigenvalue weighted by atomic mass is 16.5. The zero-order valence-corrected chi connectivity index (χ0v) is 16.8. The van der Waals surface area contributed by atoms with Crippen molar-refractivity contribution in [2.24, 2.45) is 11.1 Å². The first kappa shape index (κ1) is 20.2. The monoisotopic (exact) mass is 384 g/mol. The molecule has 150 valence electrons. The highest BCUT2D eigenvalue weighted by Crippen LogP contribution is 2.50. The van der Waals surface area contributed by atoms with Gasteiger partial charge in [-0.05, 0) is 25.5 Å². The summed E-state index contributed by atoms with van der Waals surface area (Å²) in [7, 11) is 0. The van der Waals surface area contributed by atoms with Gasteiger partial charge in [0.05, 0.1) is 6.10 Å². The molecule has 4 N–H and O–H groups in total. The molecule has 1 heterocycles. The highest BCUT2D eigenvalue weighted by molar-refractivity contribution is 6.00. The van der Waals surface area contributed by atoms with Gasteiger partial charge in [0.15, 0.2) is 0 Å². The minimum Gasteiger partial charge on any atom is -0.378 e. The van der Waals surface area contributed by atoms with Gasteiger partial charge in [0.2, 0.25) is 5.91 Å². The summed E-state index contributed by atoms with van der Waals surface area (Å²) in [5.41, 5.74) is 6.82. The van der Waals surface area contributed by atoms with Crippen LogP contribution in [0.4, 0.5) is 5.69 Å². The van der Waals surface area contributed by atoms with Crippen LogP contribution in [0, 0.1) is 5.41 Å². The molecule has 0 spiro atoms. The van der Waals surface area contributed by atoms with Crippen molar-refractivity contribution in [2.75, 3.05) is 11.9 Å².